The normalized spacial score (nSPS) is 14.3. The van der Waals surface area contributed by atoms with E-state index in [-0.39, 0.29) is 17.0 Å². The number of nitrogens with one attached hydrogen (secondary N) is 2. The van der Waals surface area contributed by atoms with Crippen LogP contribution < -0.4 is 15.4 Å². The molecule has 0 bridgehead atoms. The Morgan fingerprint density at radius 2 is 1.88 bits per heavy atom. The Morgan fingerprint density at radius 3 is 2.59 bits per heavy atom. The van der Waals surface area contributed by atoms with Gasteiger partial charge in [0.2, 0.25) is 5.91 Å². The highest BCUT2D eigenvalue weighted by Crippen LogP contribution is 2.25. The molecule has 0 spiro atoms. The Hall–Kier alpha value is -4.86. The van der Waals surface area contributed by atoms with Gasteiger partial charge in [0.25, 0.3) is 5.91 Å². The van der Waals surface area contributed by atoms with E-state index in [2.05, 4.69) is 10.6 Å². The lowest BCUT2D eigenvalue weighted by atomic mass is 10.1. The Labute approximate surface area is 193 Å². The zero-order valence-corrected chi connectivity index (χ0v) is 17.9. The molecule has 1 saturated heterocycles. The predicted octanol–water partition coefficient (Wildman–Crippen LogP) is 3.18. The van der Waals surface area contributed by atoms with Gasteiger partial charge in [0.15, 0.2) is 0 Å². The molecule has 0 radical (unpaired) electrons. The molecule has 34 heavy (non-hydrogen) atoms. The van der Waals surface area contributed by atoms with E-state index < -0.39 is 30.4 Å². The molecule has 10 nitrogen and oxygen atoms in total. The first-order chi connectivity index (χ1) is 16.3. The third-order valence-electron chi connectivity index (χ3n) is 4.95. The van der Waals surface area contributed by atoms with Crippen molar-refractivity contribution >= 4 is 35.6 Å². The van der Waals surface area contributed by atoms with Crippen LogP contribution >= 0.6 is 0 Å². The number of imide groups is 1. The number of carbonyl (C=O) groups is 4. The highest BCUT2D eigenvalue weighted by Gasteiger charge is 2.35. The minimum Gasteiger partial charge on any atom is -0.497 e. The number of hydrogen-bond acceptors (Lipinski definition) is 6. The third kappa shape index (κ3) is 4.80. The van der Waals surface area contributed by atoms with E-state index in [9.17, 15) is 19.2 Å². The largest absolute Gasteiger partial charge is 0.497 e. The second kappa shape index (κ2) is 9.33. The number of ether oxygens (including phenoxy) is 1. The summed E-state index contributed by atoms with van der Waals surface area (Å²) in [6.45, 7) is -0.473. The lowest BCUT2D eigenvalue weighted by Crippen LogP contribution is -2.38. The van der Waals surface area contributed by atoms with E-state index in [4.69, 9.17) is 14.3 Å². The summed E-state index contributed by atoms with van der Waals surface area (Å²) in [6, 6.07) is 15.3. The fourth-order valence-electron chi connectivity index (χ4n) is 3.27. The van der Waals surface area contributed by atoms with Crippen molar-refractivity contribution < 1.29 is 33.4 Å². The minimum absolute atomic E-state index is 0.0533. The number of anilines is 1. The molecule has 2 heterocycles. The SMILES string of the molecule is COc1ccc(NC(=O)CN2C(=O)N/C(=C\c3ccc(-c4cccc(C(=O)O)c4)o3)C2=O)cc1. The topological polar surface area (TPSA) is 138 Å². The number of carbonyl (C=O) groups excluding carboxylic acids is 3. The number of aromatic carboxylic acids is 1. The molecule has 0 atom stereocenters. The quantitative estimate of drug-likeness (QED) is 0.363. The molecule has 1 aliphatic rings. The Balaban J connectivity index is 1.44. The van der Waals surface area contributed by atoms with Gasteiger partial charge in [-0.05, 0) is 48.5 Å². The predicted molar refractivity (Wildman–Crippen MR) is 121 cm³/mol. The van der Waals surface area contributed by atoms with E-state index >= 15 is 0 Å². The molecule has 4 rings (SSSR count). The van der Waals surface area contributed by atoms with Gasteiger partial charge in [-0.1, -0.05) is 12.1 Å². The summed E-state index contributed by atoms with van der Waals surface area (Å²) >= 11 is 0. The molecule has 0 aliphatic carbocycles. The number of urea groups is 1. The number of rotatable bonds is 7. The molecule has 3 N–H and O–H groups in total. The summed E-state index contributed by atoms with van der Waals surface area (Å²) in [5.74, 6) is -1.01. The van der Waals surface area contributed by atoms with Gasteiger partial charge in [0.1, 0.15) is 29.5 Å². The number of hydrogen-bond donors (Lipinski definition) is 3. The summed E-state index contributed by atoms with van der Waals surface area (Å²) < 4.78 is 10.7. The number of nitrogens with zero attached hydrogens (tertiary/aromatic N) is 1. The highest BCUT2D eigenvalue weighted by atomic mass is 16.5. The van der Waals surface area contributed by atoms with Crippen molar-refractivity contribution in [3.63, 3.8) is 0 Å². The standard InChI is InChI=1S/C24H19N3O7/c1-33-17-7-5-16(6-8-17)25-21(28)13-27-22(29)19(26-24(27)32)12-18-9-10-20(34-18)14-3-2-4-15(11-14)23(30)31/h2-12H,13H2,1H3,(H,25,28)(H,26,32)(H,30,31)/b19-12-. The highest BCUT2D eigenvalue weighted by molar-refractivity contribution is 6.15. The molecular weight excluding hydrogens is 442 g/mol. The zero-order valence-electron chi connectivity index (χ0n) is 17.9. The van der Waals surface area contributed by atoms with E-state index in [1.807, 2.05) is 0 Å². The molecule has 1 aromatic heterocycles. The third-order valence-corrected chi connectivity index (χ3v) is 4.95. The van der Waals surface area contributed by atoms with Gasteiger partial charge in [0.05, 0.1) is 12.7 Å². The van der Waals surface area contributed by atoms with Crippen LogP contribution in [0.4, 0.5) is 10.5 Å². The van der Waals surface area contributed by atoms with Crippen LogP contribution in [-0.4, -0.2) is 47.5 Å². The van der Waals surface area contributed by atoms with Crippen LogP contribution in [0, 0.1) is 0 Å². The van der Waals surface area contributed by atoms with Gasteiger partial charge in [-0.25, -0.2) is 14.5 Å². The number of carboxylic acid groups (broad SMARTS) is 1. The average Bonchev–Trinajstić information content (AvgIpc) is 3.40. The molecule has 2 aromatic carbocycles. The summed E-state index contributed by atoms with van der Waals surface area (Å²) in [7, 11) is 1.52. The molecule has 10 heteroatoms. The monoisotopic (exact) mass is 461 g/mol. The summed E-state index contributed by atoms with van der Waals surface area (Å²) in [4.78, 5) is 49.2. The molecular formula is C24H19N3O7. The smallest absolute Gasteiger partial charge is 0.335 e. The van der Waals surface area contributed by atoms with Crippen molar-refractivity contribution in [3.8, 4) is 17.1 Å². The maximum absolute atomic E-state index is 12.7. The first-order valence-electron chi connectivity index (χ1n) is 10.1. The van der Waals surface area contributed by atoms with E-state index in [0.717, 1.165) is 4.90 Å². The van der Waals surface area contributed by atoms with Crippen LogP contribution in [0.25, 0.3) is 17.4 Å². The van der Waals surface area contributed by atoms with Crippen molar-refractivity contribution in [1.29, 1.82) is 0 Å². The summed E-state index contributed by atoms with van der Waals surface area (Å²) in [6.07, 6.45) is 1.34. The van der Waals surface area contributed by atoms with Crippen LogP contribution in [0.2, 0.25) is 0 Å². The molecule has 1 aliphatic heterocycles. The Morgan fingerprint density at radius 1 is 1.12 bits per heavy atom. The first kappa shape index (κ1) is 22.3. The zero-order chi connectivity index (χ0) is 24.2. The fraction of sp³-hybridized carbons (Fsp3) is 0.0833. The van der Waals surface area contributed by atoms with Crippen LogP contribution in [0.3, 0.4) is 0 Å². The van der Waals surface area contributed by atoms with Crippen LogP contribution in [0.15, 0.2) is 70.8 Å². The second-order valence-electron chi connectivity index (χ2n) is 7.24. The summed E-state index contributed by atoms with van der Waals surface area (Å²) in [5, 5.41) is 14.2. The van der Waals surface area contributed by atoms with E-state index in [1.54, 1.807) is 48.5 Å². The van der Waals surface area contributed by atoms with Crippen molar-refractivity contribution in [2.45, 2.75) is 0 Å². The molecule has 172 valence electrons. The molecule has 1 fully saturated rings. The van der Waals surface area contributed by atoms with Gasteiger partial charge >= 0.3 is 12.0 Å². The maximum Gasteiger partial charge on any atom is 0.335 e. The lowest BCUT2D eigenvalue weighted by Gasteiger charge is -2.12. The number of carboxylic acids is 1. The van der Waals surface area contributed by atoms with Crippen molar-refractivity contribution in [3.05, 3.63) is 77.7 Å². The number of benzene rings is 2. The van der Waals surface area contributed by atoms with Crippen molar-refractivity contribution in [2.24, 2.45) is 0 Å². The second-order valence-corrected chi connectivity index (χ2v) is 7.24. The van der Waals surface area contributed by atoms with Crippen LogP contribution in [-0.2, 0) is 9.59 Å². The number of furan rings is 1. The van der Waals surface area contributed by atoms with Gasteiger partial charge in [-0.2, -0.15) is 0 Å². The minimum atomic E-state index is -1.06. The number of methoxy groups -OCH3 is 1. The average molecular weight is 461 g/mol. The molecule has 3 aromatic rings. The first-order valence-corrected chi connectivity index (χ1v) is 10.1. The van der Waals surface area contributed by atoms with Crippen molar-refractivity contribution in [1.82, 2.24) is 10.2 Å². The Bertz CT molecular complexity index is 1310. The fourth-order valence-corrected chi connectivity index (χ4v) is 3.27. The van der Waals surface area contributed by atoms with Crippen LogP contribution in [0.5, 0.6) is 5.75 Å². The summed E-state index contributed by atoms with van der Waals surface area (Å²) in [5.41, 5.74) is 1.09. The molecule has 4 amide bonds. The van der Waals surface area contributed by atoms with Crippen LogP contribution in [0.1, 0.15) is 16.1 Å². The van der Waals surface area contributed by atoms with Gasteiger partial charge in [-0.3, -0.25) is 9.59 Å². The number of amides is 4. The van der Waals surface area contributed by atoms with Crippen molar-refractivity contribution in [2.75, 3.05) is 19.0 Å². The van der Waals surface area contributed by atoms with E-state index in [1.165, 1.54) is 25.3 Å². The van der Waals surface area contributed by atoms with Gasteiger partial charge < -0.3 is 24.9 Å². The Kier molecular flexibility index (Phi) is 6.13. The molecule has 0 saturated carbocycles. The maximum atomic E-state index is 12.7. The molecule has 0 unspecified atom stereocenters. The van der Waals surface area contributed by atoms with Gasteiger partial charge in [0, 0.05) is 17.3 Å². The van der Waals surface area contributed by atoms with Gasteiger partial charge in [-0.15, -0.1) is 0 Å². The van der Waals surface area contributed by atoms with E-state index in [0.29, 0.717) is 22.8 Å². The lowest BCUT2D eigenvalue weighted by molar-refractivity contribution is -0.127.